The van der Waals surface area contributed by atoms with Gasteiger partial charge in [-0.15, -0.1) is 0 Å². The summed E-state index contributed by atoms with van der Waals surface area (Å²) in [6.07, 6.45) is 1.78. The van der Waals surface area contributed by atoms with Crippen molar-refractivity contribution in [2.75, 3.05) is 11.9 Å². The van der Waals surface area contributed by atoms with Gasteiger partial charge >= 0.3 is 0 Å². The summed E-state index contributed by atoms with van der Waals surface area (Å²) >= 11 is 0. The topological polar surface area (TPSA) is 163 Å². The number of imidazole rings is 1. The first-order valence-corrected chi connectivity index (χ1v) is 9.21. The number of nitrogens with one attached hydrogen (secondary N) is 1. The molecule has 2 aromatic heterocycles. The molecule has 28 heavy (non-hydrogen) atoms. The van der Waals surface area contributed by atoms with Crippen LogP contribution in [0.5, 0.6) is 0 Å². The second-order valence-electron chi connectivity index (χ2n) is 6.95. The fourth-order valence-electron chi connectivity index (χ4n) is 3.64. The van der Waals surface area contributed by atoms with Gasteiger partial charge in [-0.3, -0.25) is 4.57 Å². The normalized spacial score (nSPS) is 33.4. The van der Waals surface area contributed by atoms with E-state index in [9.17, 15) is 10.2 Å². The Morgan fingerprint density at radius 3 is 2.89 bits per heavy atom. The summed E-state index contributed by atoms with van der Waals surface area (Å²) in [6, 6.07) is -0.883. The lowest BCUT2D eigenvalue weighted by Crippen LogP contribution is -2.58. The summed E-state index contributed by atoms with van der Waals surface area (Å²) in [5.41, 5.74) is 9.74. The van der Waals surface area contributed by atoms with Crippen molar-refractivity contribution in [3.05, 3.63) is 23.1 Å². The fourth-order valence-corrected chi connectivity index (χ4v) is 3.64. The van der Waals surface area contributed by atoms with Gasteiger partial charge in [0.05, 0.1) is 24.6 Å². The van der Waals surface area contributed by atoms with Crippen LogP contribution in [-0.4, -0.2) is 66.9 Å². The van der Waals surface area contributed by atoms with Gasteiger partial charge in [-0.1, -0.05) is 5.11 Å². The Bertz CT molecular complexity index is 879. The molecule has 3 N–H and O–H groups in total. The van der Waals surface area contributed by atoms with Crippen LogP contribution in [0.1, 0.15) is 32.4 Å². The maximum Gasteiger partial charge on any atom is 0.167 e. The lowest BCUT2D eigenvalue weighted by Gasteiger charge is -2.40. The van der Waals surface area contributed by atoms with Gasteiger partial charge in [0.1, 0.15) is 18.7 Å². The Hall–Kier alpha value is -2.50. The van der Waals surface area contributed by atoms with Crippen LogP contribution in [0.4, 0.5) is 5.82 Å². The Kier molecular flexibility index (Phi) is 5.29. The maximum absolute atomic E-state index is 10.4. The third kappa shape index (κ3) is 3.36. The van der Waals surface area contributed by atoms with E-state index >= 15 is 0 Å². The molecule has 0 radical (unpaired) electrons. The van der Waals surface area contributed by atoms with Gasteiger partial charge < -0.3 is 25.0 Å². The summed E-state index contributed by atoms with van der Waals surface area (Å²) in [7, 11) is 0. The molecule has 2 fully saturated rings. The van der Waals surface area contributed by atoms with Crippen LogP contribution in [0.2, 0.25) is 0 Å². The number of hydrogen-bond donors (Lipinski definition) is 3. The molecule has 2 aliphatic rings. The highest BCUT2D eigenvalue weighted by Gasteiger charge is 2.42. The number of nitrogens with zero attached hydrogens (tertiary/aromatic N) is 7. The Morgan fingerprint density at radius 1 is 1.29 bits per heavy atom. The number of aromatic nitrogens is 4. The van der Waals surface area contributed by atoms with Crippen molar-refractivity contribution in [1.82, 2.24) is 19.5 Å². The van der Waals surface area contributed by atoms with E-state index in [4.69, 9.17) is 15.0 Å². The van der Waals surface area contributed by atoms with Gasteiger partial charge in [0.2, 0.25) is 0 Å². The number of rotatable bonds is 4. The molecule has 12 heteroatoms. The van der Waals surface area contributed by atoms with Crippen LogP contribution >= 0.6 is 0 Å². The summed E-state index contributed by atoms with van der Waals surface area (Å²) in [5.74, 6) is 0.366. The molecule has 2 aromatic rings. The van der Waals surface area contributed by atoms with Crippen molar-refractivity contribution < 1.29 is 19.7 Å². The van der Waals surface area contributed by atoms with Gasteiger partial charge in [0.25, 0.3) is 0 Å². The van der Waals surface area contributed by atoms with Gasteiger partial charge in [0, 0.05) is 11.5 Å². The van der Waals surface area contributed by atoms with Gasteiger partial charge in [0.15, 0.2) is 23.2 Å². The van der Waals surface area contributed by atoms with E-state index in [0.29, 0.717) is 23.6 Å². The van der Waals surface area contributed by atoms with Crippen molar-refractivity contribution in [2.24, 2.45) is 5.11 Å². The van der Waals surface area contributed by atoms with Crippen molar-refractivity contribution in [1.29, 1.82) is 0 Å². The molecule has 2 aliphatic heterocycles. The monoisotopic (exact) mass is 390 g/mol. The molecule has 4 heterocycles. The Morgan fingerprint density at radius 2 is 2.14 bits per heavy atom. The highest BCUT2D eigenvalue weighted by Crippen LogP contribution is 2.29. The summed E-state index contributed by atoms with van der Waals surface area (Å²) < 4.78 is 13.4. The first kappa shape index (κ1) is 18.8. The highest BCUT2D eigenvalue weighted by atomic mass is 16.5. The largest absolute Gasteiger partial charge is 0.390 e. The van der Waals surface area contributed by atoms with Crippen LogP contribution in [-0.2, 0) is 9.47 Å². The minimum Gasteiger partial charge on any atom is -0.390 e. The molecule has 0 amide bonds. The first-order chi connectivity index (χ1) is 13.6. The molecule has 1 unspecified atom stereocenters. The van der Waals surface area contributed by atoms with Crippen LogP contribution < -0.4 is 5.32 Å². The molecule has 2 saturated heterocycles. The van der Waals surface area contributed by atoms with Crippen LogP contribution in [0.25, 0.3) is 21.6 Å². The highest BCUT2D eigenvalue weighted by molar-refractivity contribution is 5.82. The minimum absolute atomic E-state index is 0.121. The molecule has 0 aliphatic carbocycles. The predicted octanol–water partition coefficient (Wildman–Crippen LogP) is 1.08. The zero-order valence-corrected chi connectivity index (χ0v) is 15.3. The van der Waals surface area contributed by atoms with Gasteiger partial charge in [-0.05, 0) is 31.7 Å². The number of hydrogen-bond acceptors (Lipinski definition) is 9. The molecular weight excluding hydrogens is 368 g/mol. The quantitative estimate of drug-likeness (QED) is 0.396. The lowest BCUT2D eigenvalue weighted by molar-refractivity contribution is -0.163. The number of aliphatic hydroxyl groups is 2. The summed E-state index contributed by atoms with van der Waals surface area (Å²) in [4.78, 5) is 15.6. The van der Waals surface area contributed by atoms with Crippen molar-refractivity contribution in [3.63, 3.8) is 0 Å². The molecule has 0 spiro atoms. The van der Waals surface area contributed by atoms with Crippen molar-refractivity contribution in [2.45, 2.75) is 63.0 Å². The Balaban J connectivity index is 1.58. The van der Waals surface area contributed by atoms with Crippen molar-refractivity contribution in [3.8, 4) is 0 Å². The SMILES string of the molecule is C[C@@H]1O[C@H](Nc2ncnc3c2ncn3C2CCCCO2)[C@@H](O)[C@H](O)[C@H]1N=[N+]=[N-]. The number of azide groups is 1. The predicted molar refractivity (Wildman–Crippen MR) is 97.1 cm³/mol. The molecule has 150 valence electrons. The summed E-state index contributed by atoms with van der Waals surface area (Å²) in [5, 5.41) is 27.1. The smallest absolute Gasteiger partial charge is 0.167 e. The van der Waals surface area contributed by atoms with E-state index in [2.05, 4.69) is 30.3 Å². The minimum atomic E-state index is -1.32. The average Bonchev–Trinajstić information content (AvgIpc) is 3.15. The number of aliphatic hydroxyl groups excluding tert-OH is 2. The van der Waals surface area contributed by atoms with E-state index in [1.165, 1.54) is 6.33 Å². The molecule has 0 saturated carbocycles. The molecule has 6 atom stereocenters. The first-order valence-electron chi connectivity index (χ1n) is 9.21. The van der Waals surface area contributed by atoms with Crippen LogP contribution in [0, 0.1) is 0 Å². The van der Waals surface area contributed by atoms with E-state index < -0.39 is 30.6 Å². The lowest BCUT2D eigenvalue weighted by atomic mass is 9.97. The van der Waals surface area contributed by atoms with Gasteiger partial charge in [-0.25, -0.2) is 15.0 Å². The third-order valence-electron chi connectivity index (χ3n) is 5.14. The van der Waals surface area contributed by atoms with Crippen molar-refractivity contribution >= 4 is 17.0 Å². The zero-order chi connectivity index (χ0) is 19.7. The van der Waals surface area contributed by atoms with Crippen LogP contribution in [0.3, 0.4) is 0 Å². The molecule has 4 rings (SSSR count). The van der Waals surface area contributed by atoms with E-state index in [1.807, 2.05) is 4.57 Å². The molecule has 0 aromatic carbocycles. The Labute approximate surface area is 160 Å². The van der Waals surface area contributed by atoms with E-state index in [1.54, 1.807) is 13.3 Å². The average molecular weight is 390 g/mol. The number of anilines is 1. The maximum atomic E-state index is 10.4. The number of fused-ring (bicyclic) bond motifs is 1. The number of ether oxygens (including phenoxy) is 2. The summed E-state index contributed by atoms with van der Waals surface area (Å²) in [6.45, 7) is 2.36. The second kappa shape index (κ2) is 7.86. The zero-order valence-electron chi connectivity index (χ0n) is 15.3. The third-order valence-corrected chi connectivity index (χ3v) is 5.14. The second-order valence-corrected chi connectivity index (χ2v) is 6.95. The van der Waals surface area contributed by atoms with Crippen LogP contribution in [0.15, 0.2) is 17.8 Å². The van der Waals surface area contributed by atoms with Gasteiger partial charge in [-0.2, -0.15) is 0 Å². The molecular formula is C16H22N8O4. The van der Waals surface area contributed by atoms with E-state index in [0.717, 1.165) is 19.3 Å². The fraction of sp³-hybridized carbons (Fsp3) is 0.688. The standard InChI is InChI=1S/C16H22N8O4/c1-8-10(22-23-17)12(25)13(26)16(28-8)21-14-11-15(19-6-18-14)24(7-20-11)9-4-2-3-5-27-9/h6-10,12-13,16,25-26H,2-5H2,1H3,(H,18,19,21)/t8-,9?,10-,12+,13-,16-/m0/s1. The van der Waals surface area contributed by atoms with E-state index in [-0.39, 0.29) is 6.23 Å². The molecule has 0 bridgehead atoms. The molecule has 12 nitrogen and oxygen atoms in total.